The molecular formula is C16H23F2N. The summed E-state index contributed by atoms with van der Waals surface area (Å²) in [5, 5.41) is 3.48. The Labute approximate surface area is 114 Å². The molecule has 1 aliphatic rings. The lowest BCUT2D eigenvalue weighted by atomic mass is 9.77. The van der Waals surface area contributed by atoms with Gasteiger partial charge in [-0.25, -0.2) is 8.78 Å². The molecule has 1 atom stereocenters. The molecule has 0 radical (unpaired) electrons. The second-order valence-corrected chi connectivity index (χ2v) is 6.65. The highest BCUT2D eigenvalue weighted by molar-refractivity contribution is 5.20. The fraction of sp³-hybridized carbons (Fsp3) is 0.625. The Morgan fingerprint density at radius 1 is 1.21 bits per heavy atom. The lowest BCUT2D eigenvalue weighted by molar-refractivity contribution is 0.226. The lowest BCUT2D eigenvalue weighted by Gasteiger charge is -2.31. The third-order valence-corrected chi connectivity index (χ3v) is 3.97. The minimum atomic E-state index is -0.430. The molecule has 0 heterocycles. The van der Waals surface area contributed by atoms with Crippen LogP contribution in [0.5, 0.6) is 0 Å². The Bertz CT molecular complexity index is 413. The molecule has 0 aliphatic heterocycles. The first-order chi connectivity index (χ1) is 8.88. The van der Waals surface area contributed by atoms with Gasteiger partial charge in [0.15, 0.2) is 0 Å². The Balaban J connectivity index is 2.09. The molecule has 0 spiro atoms. The van der Waals surface area contributed by atoms with E-state index >= 15 is 0 Å². The molecule has 1 nitrogen and oxygen atoms in total. The van der Waals surface area contributed by atoms with Crippen LogP contribution in [0.15, 0.2) is 18.2 Å². The molecule has 2 rings (SSSR count). The third kappa shape index (κ3) is 4.00. The van der Waals surface area contributed by atoms with Crippen LogP contribution in [0.3, 0.4) is 0 Å². The first-order valence-electron chi connectivity index (χ1n) is 7.04. The summed E-state index contributed by atoms with van der Waals surface area (Å²) in [6.45, 7) is 7.21. The van der Waals surface area contributed by atoms with Gasteiger partial charge in [0.25, 0.3) is 0 Å². The summed E-state index contributed by atoms with van der Waals surface area (Å²) >= 11 is 0. The Kier molecular flexibility index (Phi) is 4.24. The molecule has 0 saturated heterocycles. The summed E-state index contributed by atoms with van der Waals surface area (Å²) in [5.74, 6) is -0.638. The van der Waals surface area contributed by atoms with Gasteiger partial charge < -0.3 is 5.32 Å². The smallest absolute Gasteiger partial charge is 0.129 e. The molecule has 1 N–H and O–H groups in total. The van der Waals surface area contributed by atoms with Crippen LogP contribution in [0.1, 0.15) is 39.2 Å². The van der Waals surface area contributed by atoms with Gasteiger partial charge in [0.05, 0.1) is 0 Å². The van der Waals surface area contributed by atoms with Crippen molar-refractivity contribution in [3.05, 3.63) is 35.4 Å². The van der Waals surface area contributed by atoms with Crippen LogP contribution in [0.25, 0.3) is 0 Å². The summed E-state index contributed by atoms with van der Waals surface area (Å²) in [7, 11) is 0. The predicted octanol–water partition coefficient (Wildman–Crippen LogP) is 3.92. The van der Waals surface area contributed by atoms with Crippen molar-refractivity contribution < 1.29 is 8.78 Å². The third-order valence-electron chi connectivity index (χ3n) is 3.97. The van der Waals surface area contributed by atoms with Crippen LogP contribution in [-0.2, 0) is 6.42 Å². The lowest BCUT2D eigenvalue weighted by Crippen LogP contribution is -2.34. The first kappa shape index (κ1) is 14.4. The number of hydrogen-bond donors (Lipinski definition) is 1. The Hall–Kier alpha value is -0.960. The molecule has 1 saturated carbocycles. The van der Waals surface area contributed by atoms with Crippen molar-refractivity contribution in [1.82, 2.24) is 5.32 Å². The van der Waals surface area contributed by atoms with Crippen LogP contribution in [0.2, 0.25) is 0 Å². The molecule has 1 unspecified atom stereocenters. The van der Waals surface area contributed by atoms with Crippen LogP contribution in [-0.4, -0.2) is 12.6 Å². The van der Waals surface area contributed by atoms with E-state index < -0.39 is 11.6 Å². The van der Waals surface area contributed by atoms with Crippen molar-refractivity contribution in [2.24, 2.45) is 11.3 Å². The predicted molar refractivity (Wildman–Crippen MR) is 74.0 cm³/mol. The average molecular weight is 267 g/mol. The summed E-state index contributed by atoms with van der Waals surface area (Å²) < 4.78 is 27.5. The molecule has 1 aliphatic carbocycles. The molecule has 3 heteroatoms. The normalized spacial score (nSPS) is 17.5. The minimum absolute atomic E-state index is 0.0244. The summed E-state index contributed by atoms with van der Waals surface area (Å²) in [6, 6.07) is 4.72. The van der Waals surface area contributed by atoms with Crippen molar-refractivity contribution in [2.75, 3.05) is 6.54 Å². The maximum absolute atomic E-state index is 13.7. The second kappa shape index (κ2) is 5.58. The molecule has 106 valence electrons. The zero-order valence-electron chi connectivity index (χ0n) is 12.0. The van der Waals surface area contributed by atoms with E-state index in [0.29, 0.717) is 12.5 Å². The number of nitrogens with one attached hydrogen (secondary N) is 1. The SMILES string of the molecule is CC(C)(C)C(CNC1CC1)Cc1c(F)cccc1F. The van der Waals surface area contributed by atoms with Gasteiger partial charge in [0, 0.05) is 11.6 Å². The van der Waals surface area contributed by atoms with Gasteiger partial charge in [-0.15, -0.1) is 0 Å². The Morgan fingerprint density at radius 2 is 1.79 bits per heavy atom. The molecule has 0 aromatic heterocycles. The Morgan fingerprint density at radius 3 is 2.26 bits per heavy atom. The number of rotatable bonds is 5. The fourth-order valence-corrected chi connectivity index (χ4v) is 2.25. The highest BCUT2D eigenvalue weighted by Crippen LogP contribution is 2.31. The monoisotopic (exact) mass is 267 g/mol. The molecule has 1 aromatic carbocycles. The summed E-state index contributed by atoms with van der Waals surface area (Å²) in [4.78, 5) is 0. The van der Waals surface area contributed by atoms with Gasteiger partial charge in [-0.3, -0.25) is 0 Å². The molecule has 19 heavy (non-hydrogen) atoms. The molecule has 0 bridgehead atoms. The van der Waals surface area contributed by atoms with E-state index in [0.717, 1.165) is 6.54 Å². The quantitative estimate of drug-likeness (QED) is 0.852. The molecule has 1 aromatic rings. The highest BCUT2D eigenvalue weighted by Gasteiger charge is 2.29. The van der Waals surface area contributed by atoms with Crippen molar-refractivity contribution in [3.8, 4) is 0 Å². The van der Waals surface area contributed by atoms with E-state index in [4.69, 9.17) is 0 Å². The zero-order valence-corrected chi connectivity index (χ0v) is 12.0. The van der Waals surface area contributed by atoms with E-state index in [1.54, 1.807) is 0 Å². The van der Waals surface area contributed by atoms with Gasteiger partial charge in [-0.05, 0) is 49.3 Å². The largest absolute Gasteiger partial charge is 0.314 e. The van der Waals surface area contributed by atoms with Crippen molar-refractivity contribution in [1.29, 1.82) is 0 Å². The topological polar surface area (TPSA) is 12.0 Å². The van der Waals surface area contributed by atoms with Crippen LogP contribution in [0, 0.1) is 23.0 Å². The van der Waals surface area contributed by atoms with Gasteiger partial charge in [0.2, 0.25) is 0 Å². The van der Waals surface area contributed by atoms with E-state index in [2.05, 4.69) is 26.1 Å². The summed E-state index contributed by atoms with van der Waals surface area (Å²) in [6.07, 6.45) is 2.90. The van der Waals surface area contributed by atoms with Crippen LogP contribution >= 0.6 is 0 Å². The standard InChI is InChI=1S/C16H23F2N/c1-16(2,3)11(10-19-12-7-8-12)9-13-14(17)5-4-6-15(13)18/h4-6,11-12,19H,7-10H2,1-3H3. The van der Waals surface area contributed by atoms with Gasteiger partial charge >= 0.3 is 0 Å². The summed E-state index contributed by atoms with van der Waals surface area (Å²) in [5.41, 5.74) is 0.247. The second-order valence-electron chi connectivity index (χ2n) is 6.65. The maximum atomic E-state index is 13.7. The first-order valence-corrected chi connectivity index (χ1v) is 7.04. The zero-order chi connectivity index (χ0) is 14.0. The van der Waals surface area contributed by atoms with Gasteiger partial charge in [0.1, 0.15) is 11.6 Å². The minimum Gasteiger partial charge on any atom is -0.314 e. The van der Waals surface area contributed by atoms with E-state index in [9.17, 15) is 8.78 Å². The fourth-order valence-electron chi connectivity index (χ4n) is 2.25. The average Bonchev–Trinajstić information content (AvgIpc) is 3.09. The molecular weight excluding hydrogens is 244 g/mol. The van der Waals surface area contributed by atoms with E-state index in [-0.39, 0.29) is 16.9 Å². The van der Waals surface area contributed by atoms with Gasteiger partial charge in [-0.1, -0.05) is 26.8 Å². The molecule has 1 fully saturated rings. The van der Waals surface area contributed by atoms with Crippen LogP contribution in [0.4, 0.5) is 8.78 Å². The number of benzene rings is 1. The number of halogens is 2. The van der Waals surface area contributed by atoms with E-state index in [1.807, 2.05) is 0 Å². The van der Waals surface area contributed by atoms with Crippen LogP contribution < -0.4 is 5.32 Å². The van der Waals surface area contributed by atoms with Crippen molar-refractivity contribution >= 4 is 0 Å². The van der Waals surface area contributed by atoms with Crippen molar-refractivity contribution in [2.45, 2.75) is 46.1 Å². The maximum Gasteiger partial charge on any atom is 0.129 e. The molecule has 0 amide bonds. The van der Waals surface area contributed by atoms with Gasteiger partial charge in [-0.2, -0.15) is 0 Å². The highest BCUT2D eigenvalue weighted by atomic mass is 19.1. The van der Waals surface area contributed by atoms with Crippen molar-refractivity contribution in [3.63, 3.8) is 0 Å². The number of hydrogen-bond acceptors (Lipinski definition) is 1. The van der Waals surface area contributed by atoms with E-state index in [1.165, 1.54) is 31.0 Å².